The van der Waals surface area contributed by atoms with Gasteiger partial charge in [-0.3, -0.25) is 14.6 Å². The van der Waals surface area contributed by atoms with Gasteiger partial charge >= 0.3 is 5.69 Å². The first kappa shape index (κ1) is 19.9. The molecule has 2 heterocycles. The van der Waals surface area contributed by atoms with Crippen LogP contribution < -0.4 is 16.6 Å². The van der Waals surface area contributed by atoms with Crippen molar-refractivity contribution in [1.29, 1.82) is 0 Å². The van der Waals surface area contributed by atoms with Crippen molar-refractivity contribution in [2.75, 3.05) is 5.32 Å². The zero-order valence-corrected chi connectivity index (χ0v) is 16.3. The van der Waals surface area contributed by atoms with Crippen LogP contribution in [0.25, 0.3) is 10.9 Å². The number of aromatic nitrogens is 4. The standard InChI is InChI=1S/C21H22FN5O3/c22-14-6-7-16-15(11-14)20(29)27(21(30)25-16)17(10-13-4-2-1-3-5-13)19(28)26-18-12-23-8-9-24-18/h6-9,11-13,17H,1-5,10H2,(H,25,30)(H,24,26,28). The van der Waals surface area contributed by atoms with Crippen LogP contribution in [0.3, 0.4) is 0 Å². The second kappa shape index (κ2) is 8.56. The molecule has 1 aliphatic carbocycles. The average Bonchev–Trinajstić information content (AvgIpc) is 2.75. The molecule has 1 unspecified atom stereocenters. The number of aromatic amines is 1. The zero-order valence-electron chi connectivity index (χ0n) is 16.3. The van der Waals surface area contributed by atoms with Crippen molar-refractivity contribution in [3.8, 4) is 0 Å². The third kappa shape index (κ3) is 4.14. The number of carbonyl (C=O) groups excluding carboxylic acids is 1. The fourth-order valence-corrected chi connectivity index (χ4v) is 4.12. The molecule has 0 radical (unpaired) electrons. The van der Waals surface area contributed by atoms with E-state index in [9.17, 15) is 18.8 Å². The molecule has 9 heteroatoms. The van der Waals surface area contributed by atoms with Crippen molar-refractivity contribution in [3.05, 3.63) is 63.4 Å². The summed E-state index contributed by atoms with van der Waals surface area (Å²) in [5.74, 6) is -0.672. The molecule has 1 amide bonds. The smallest absolute Gasteiger partial charge is 0.308 e. The Balaban J connectivity index is 1.77. The molecule has 1 fully saturated rings. The molecular weight excluding hydrogens is 389 g/mol. The Labute approximate surface area is 171 Å². The van der Waals surface area contributed by atoms with E-state index in [1.807, 2.05) is 0 Å². The van der Waals surface area contributed by atoms with Gasteiger partial charge in [0.1, 0.15) is 11.9 Å². The number of anilines is 1. The Morgan fingerprint density at radius 3 is 2.77 bits per heavy atom. The van der Waals surface area contributed by atoms with E-state index < -0.39 is 29.0 Å². The summed E-state index contributed by atoms with van der Waals surface area (Å²) < 4.78 is 14.6. The van der Waals surface area contributed by atoms with Gasteiger partial charge in [0.25, 0.3) is 5.56 Å². The monoisotopic (exact) mass is 411 g/mol. The topological polar surface area (TPSA) is 110 Å². The van der Waals surface area contributed by atoms with Gasteiger partial charge in [0.15, 0.2) is 5.82 Å². The quantitative estimate of drug-likeness (QED) is 0.671. The third-order valence-electron chi connectivity index (χ3n) is 5.60. The van der Waals surface area contributed by atoms with E-state index in [0.29, 0.717) is 6.42 Å². The Kier molecular flexibility index (Phi) is 5.69. The Hall–Kier alpha value is -3.36. The highest BCUT2D eigenvalue weighted by molar-refractivity contribution is 5.93. The number of nitrogens with one attached hydrogen (secondary N) is 2. The number of benzene rings is 1. The maximum atomic E-state index is 13.7. The first-order valence-corrected chi connectivity index (χ1v) is 10.0. The molecule has 0 spiro atoms. The number of hydrogen-bond acceptors (Lipinski definition) is 5. The Morgan fingerprint density at radius 1 is 1.23 bits per heavy atom. The minimum atomic E-state index is -1.04. The summed E-state index contributed by atoms with van der Waals surface area (Å²) >= 11 is 0. The van der Waals surface area contributed by atoms with Crippen LogP contribution in [0, 0.1) is 11.7 Å². The van der Waals surface area contributed by atoms with E-state index >= 15 is 0 Å². The second-order valence-corrected chi connectivity index (χ2v) is 7.63. The lowest BCUT2D eigenvalue weighted by molar-refractivity contribution is -0.120. The van der Waals surface area contributed by atoms with Crippen LogP contribution in [0.2, 0.25) is 0 Å². The highest BCUT2D eigenvalue weighted by Crippen LogP contribution is 2.30. The molecule has 2 aromatic heterocycles. The van der Waals surface area contributed by atoms with Gasteiger partial charge in [0, 0.05) is 12.4 Å². The van der Waals surface area contributed by atoms with Crippen molar-refractivity contribution < 1.29 is 9.18 Å². The summed E-state index contributed by atoms with van der Waals surface area (Å²) in [5, 5.41) is 2.67. The number of hydrogen-bond donors (Lipinski definition) is 2. The predicted octanol–water partition coefficient (Wildman–Crippen LogP) is 2.77. The van der Waals surface area contributed by atoms with Crippen LogP contribution >= 0.6 is 0 Å². The van der Waals surface area contributed by atoms with Crippen LogP contribution in [0.5, 0.6) is 0 Å². The minimum Gasteiger partial charge on any atom is -0.308 e. The number of nitrogens with zero attached hydrogens (tertiary/aromatic N) is 3. The van der Waals surface area contributed by atoms with Gasteiger partial charge in [-0.1, -0.05) is 32.1 Å². The van der Waals surface area contributed by atoms with Crippen LogP contribution in [0.1, 0.15) is 44.6 Å². The summed E-state index contributed by atoms with van der Waals surface area (Å²) in [4.78, 5) is 49.6. The molecule has 1 saturated carbocycles. The lowest BCUT2D eigenvalue weighted by Crippen LogP contribution is -2.43. The molecule has 1 aliphatic rings. The van der Waals surface area contributed by atoms with Gasteiger partial charge in [-0.05, 0) is 30.5 Å². The lowest BCUT2D eigenvalue weighted by Gasteiger charge is -2.26. The van der Waals surface area contributed by atoms with Crippen LogP contribution in [-0.4, -0.2) is 25.4 Å². The third-order valence-corrected chi connectivity index (χ3v) is 5.60. The summed E-state index contributed by atoms with van der Waals surface area (Å²) in [6, 6.07) is 2.54. The fourth-order valence-electron chi connectivity index (χ4n) is 4.12. The molecule has 2 N–H and O–H groups in total. The molecule has 156 valence electrons. The SMILES string of the molecule is O=C(Nc1cnccn1)C(CC1CCCCC1)n1c(=O)[nH]c2ccc(F)cc2c1=O. The molecule has 8 nitrogen and oxygen atoms in total. The minimum absolute atomic E-state index is 0.0237. The van der Waals surface area contributed by atoms with Gasteiger partial charge in [0.05, 0.1) is 17.1 Å². The van der Waals surface area contributed by atoms with Crippen LogP contribution in [0.4, 0.5) is 10.2 Å². The highest BCUT2D eigenvalue weighted by Gasteiger charge is 2.29. The van der Waals surface area contributed by atoms with E-state index in [-0.39, 0.29) is 22.6 Å². The molecule has 3 aromatic rings. The van der Waals surface area contributed by atoms with E-state index in [4.69, 9.17) is 0 Å². The largest absolute Gasteiger partial charge is 0.329 e. The molecule has 0 bridgehead atoms. The summed E-state index contributed by atoms with van der Waals surface area (Å²) in [5.41, 5.74) is -1.16. The zero-order chi connectivity index (χ0) is 21.1. The number of amides is 1. The van der Waals surface area contributed by atoms with Crippen molar-refractivity contribution in [3.63, 3.8) is 0 Å². The highest BCUT2D eigenvalue weighted by atomic mass is 19.1. The summed E-state index contributed by atoms with van der Waals surface area (Å²) in [7, 11) is 0. The number of carbonyl (C=O) groups is 1. The van der Waals surface area contributed by atoms with E-state index in [2.05, 4.69) is 20.3 Å². The van der Waals surface area contributed by atoms with E-state index in [1.165, 1.54) is 30.7 Å². The number of rotatable bonds is 5. The molecular formula is C21H22FN5O3. The first-order valence-electron chi connectivity index (χ1n) is 10.0. The second-order valence-electron chi connectivity index (χ2n) is 7.63. The molecule has 30 heavy (non-hydrogen) atoms. The Morgan fingerprint density at radius 2 is 2.03 bits per heavy atom. The Bertz CT molecular complexity index is 1170. The van der Waals surface area contributed by atoms with Gasteiger partial charge in [-0.2, -0.15) is 0 Å². The van der Waals surface area contributed by atoms with Gasteiger partial charge in [-0.15, -0.1) is 0 Å². The number of H-pyrrole nitrogens is 1. The summed E-state index contributed by atoms with van der Waals surface area (Å²) in [6.07, 6.45) is 9.76. The first-order chi connectivity index (χ1) is 14.5. The maximum Gasteiger partial charge on any atom is 0.329 e. The van der Waals surface area contributed by atoms with E-state index in [0.717, 1.165) is 42.7 Å². The number of halogens is 1. The molecule has 0 aliphatic heterocycles. The molecule has 1 atom stereocenters. The maximum absolute atomic E-state index is 13.7. The van der Waals surface area contributed by atoms with Crippen molar-refractivity contribution in [1.82, 2.24) is 19.5 Å². The number of fused-ring (bicyclic) bond motifs is 1. The van der Waals surface area contributed by atoms with Crippen molar-refractivity contribution in [2.45, 2.75) is 44.6 Å². The van der Waals surface area contributed by atoms with Crippen molar-refractivity contribution in [2.24, 2.45) is 5.92 Å². The summed E-state index contributed by atoms with van der Waals surface area (Å²) in [6.45, 7) is 0. The normalized spacial score (nSPS) is 15.8. The van der Waals surface area contributed by atoms with Crippen LogP contribution in [0.15, 0.2) is 46.4 Å². The van der Waals surface area contributed by atoms with Crippen LogP contribution in [-0.2, 0) is 4.79 Å². The fraction of sp³-hybridized carbons (Fsp3) is 0.381. The average molecular weight is 411 g/mol. The van der Waals surface area contributed by atoms with Crippen molar-refractivity contribution >= 4 is 22.6 Å². The lowest BCUT2D eigenvalue weighted by atomic mass is 9.84. The van der Waals surface area contributed by atoms with Gasteiger partial charge < -0.3 is 10.3 Å². The molecule has 1 aromatic carbocycles. The predicted molar refractivity (Wildman–Crippen MR) is 110 cm³/mol. The van der Waals surface area contributed by atoms with Gasteiger partial charge in [0.2, 0.25) is 5.91 Å². The van der Waals surface area contributed by atoms with E-state index in [1.54, 1.807) is 0 Å². The van der Waals surface area contributed by atoms with Gasteiger partial charge in [-0.25, -0.2) is 18.7 Å². The molecule has 0 saturated heterocycles. The molecule has 4 rings (SSSR count).